The Balaban J connectivity index is 1.26. The van der Waals surface area contributed by atoms with E-state index in [4.69, 9.17) is 4.99 Å². The highest BCUT2D eigenvalue weighted by Crippen LogP contribution is 2.33. The van der Waals surface area contributed by atoms with Crippen molar-refractivity contribution in [3.8, 4) is 0 Å². The van der Waals surface area contributed by atoms with Crippen LogP contribution in [-0.2, 0) is 14.8 Å². The number of hydrogen-bond acceptors (Lipinski definition) is 6. The van der Waals surface area contributed by atoms with Crippen molar-refractivity contribution in [1.29, 1.82) is 0 Å². The van der Waals surface area contributed by atoms with Gasteiger partial charge < -0.3 is 15.3 Å². The number of alkyl halides is 1. The van der Waals surface area contributed by atoms with Crippen LogP contribution in [0.4, 0.5) is 8.78 Å². The number of likely N-dealkylation sites (tertiary alicyclic amines) is 1. The molecule has 3 aliphatic rings. The van der Waals surface area contributed by atoms with Gasteiger partial charge in [0.05, 0.1) is 5.60 Å². The van der Waals surface area contributed by atoms with E-state index in [1.165, 1.54) is 16.4 Å². The third-order valence-electron chi connectivity index (χ3n) is 9.13. The SMILES string of the molecule is Cc1cc(C2=NC3(CCN(S(=O)(=O)/C=C/c4c(C)cc(C(=O)N5CCC(O)(CF)CC5)cc4C)CC3)C(=O)N2)c(C)cc1F. The van der Waals surface area contributed by atoms with E-state index in [1.807, 2.05) is 0 Å². The molecule has 0 bridgehead atoms. The van der Waals surface area contributed by atoms with Crippen LogP contribution in [0.3, 0.4) is 0 Å². The number of carbonyl (C=O) groups is 2. The summed E-state index contributed by atoms with van der Waals surface area (Å²) in [5.41, 5.74) is 1.87. The van der Waals surface area contributed by atoms with Gasteiger partial charge in [-0.1, -0.05) is 0 Å². The molecule has 9 nitrogen and oxygen atoms in total. The van der Waals surface area contributed by atoms with Gasteiger partial charge in [-0.05, 0) is 112 Å². The molecule has 0 radical (unpaired) electrons. The minimum atomic E-state index is -3.82. The number of amidine groups is 1. The second-order valence-corrected chi connectivity index (χ2v) is 14.1. The Hall–Kier alpha value is -3.48. The predicted octanol–water partition coefficient (Wildman–Crippen LogP) is 3.71. The number of amides is 2. The molecule has 3 aliphatic heterocycles. The summed E-state index contributed by atoms with van der Waals surface area (Å²) in [5, 5.41) is 14.1. The predicted molar refractivity (Wildman–Crippen MR) is 164 cm³/mol. The van der Waals surface area contributed by atoms with Crippen LogP contribution in [0.5, 0.6) is 0 Å². The number of halogens is 2. The molecule has 3 heterocycles. The van der Waals surface area contributed by atoms with Crippen LogP contribution in [0.2, 0.25) is 0 Å². The number of sulfonamides is 1. The third kappa shape index (κ3) is 6.07. The normalized spacial score (nSPS) is 20.3. The zero-order valence-corrected chi connectivity index (χ0v) is 26.2. The zero-order chi connectivity index (χ0) is 32.0. The van der Waals surface area contributed by atoms with Crippen molar-refractivity contribution >= 4 is 33.7 Å². The summed E-state index contributed by atoms with van der Waals surface area (Å²) in [5.74, 6) is -0.458. The van der Waals surface area contributed by atoms with Gasteiger partial charge in [0.1, 0.15) is 23.9 Å². The van der Waals surface area contributed by atoms with E-state index < -0.39 is 27.8 Å². The maximum Gasteiger partial charge on any atom is 0.253 e. The first kappa shape index (κ1) is 31.9. The van der Waals surface area contributed by atoms with Gasteiger partial charge in [-0.25, -0.2) is 17.2 Å². The molecule has 2 aromatic rings. The smallest absolute Gasteiger partial charge is 0.253 e. The number of rotatable bonds is 6. The second kappa shape index (κ2) is 11.8. The topological polar surface area (TPSA) is 119 Å². The van der Waals surface area contributed by atoms with Crippen molar-refractivity contribution < 1.29 is 31.9 Å². The highest BCUT2D eigenvalue weighted by atomic mass is 32.2. The van der Waals surface area contributed by atoms with Crippen molar-refractivity contribution in [3.05, 3.63) is 74.4 Å². The molecule has 0 aromatic heterocycles. The van der Waals surface area contributed by atoms with Crippen LogP contribution in [-0.4, -0.2) is 84.4 Å². The zero-order valence-electron chi connectivity index (χ0n) is 25.4. The quantitative estimate of drug-likeness (QED) is 0.506. The molecule has 2 amide bonds. The van der Waals surface area contributed by atoms with E-state index in [-0.39, 0.29) is 69.5 Å². The van der Waals surface area contributed by atoms with Gasteiger partial charge in [0.15, 0.2) is 0 Å². The largest absolute Gasteiger partial charge is 0.387 e. The summed E-state index contributed by atoms with van der Waals surface area (Å²) in [4.78, 5) is 32.4. The van der Waals surface area contributed by atoms with Gasteiger partial charge in [0, 0.05) is 42.7 Å². The van der Waals surface area contributed by atoms with Gasteiger partial charge in [-0.3, -0.25) is 14.6 Å². The van der Waals surface area contributed by atoms with Crippen molar-refractivity contribution in [2.45, 2.75) is 64.5 Å². The fraction of sp³-hybridized carbons (Fsp3) is 0.469. The van der Waals surface area contributed by atoms with Crippen molar-refractivity contribution in [3.63, 3.8) is 0 Å². The Labute approximate surface area is 256 Å². The Morgan fingerprint density at radius 3 is 2.18 bits per heavy atom. The lowest BCUT2D eigenvalue weighted by atomic mass is 9.89. The third-order valence-corrected chi connectivity index (χ3v) is 10.7. The molecule has 236 valence electrons. The van der Waals surface area contributed by atoms with Gasteiger partial charge in [0.2, 0.25) is 10.0 Å². The number of carbonyl (C=O) groups excluding carboxylic acids is 2. The molecular formula is C32H38F2N4O5S. The molecule has 2 saturated heterocycles. The molecular weight excluding hydrogens is 590 g/mol. The van der Waals surface area contributed by atoms with E-state index in [1.54, 1.807) is 50.8 Å². The van der Waals surface area contributed by atoms with Gasteiger partial charge >= 0.3 is 0 Å². The molecule has 5 rings (SSSR count). The number of aliphatic imine (C=N–C) groups is 1. The molecule has 0 saturated carbocycles. The maximum absolute atomic E-state index is 14.0. The highest BCUT2D eigenvalue weighted by molar-refractivity contribution is 7.92. The molecule has 0 atom stereocenters. The average Bonchev–Trinajstić information content (AvgIpc) is 3.29. The standard InChI is InChI=1S/C32H38F2N4O5S/c1-20-15-24(29(39)37-10-6-31(41,19-33)7-11-37)16-21(2)25(20)5-14-44(42,43)38-12-8-32(9-13-38)30(40)35-28(36-32)26-17-23(4)27(34)18-22(26)3/h5,14-18,41H,6-13,19H2,1-4H3,(H,35,36,40)/b14-5+. The van der Waals surface area contributed by atoms with E-state index in [9.17, 15) is 31.9 Å². The average molecular weight is 629 g/mol. The Bertz CT molecular complexity index is 1650. The molecule has 0 unspecified atom stereocenters. The van der Waals surface area contributed by atoms with Gasteiger partial charge in [-0.2, -0.15) is 4.31 Å². The molecule has 2 fully saturated rings. The maximum atomic E-state index is 14.0. The van der Waals surface area contributed by atoms with Gasteiger partial charge in [0.25, 0.3) is 11.8 Å². The second-order valence-electron chi connectivity index (χ2n) is 12.3. The molecule has 12 heteroatoms. The fourth-order valence-corrected chi connectivity index (χ4v) is 7.34. The van der Waals surface area contributed by atoms with Crippen molar-refractivity contribution in [1.82, 2.24) is 14.5 Å². The minimum Gasteiger partial charge on any atom is -0.387 e. The Kier molecular flexibility index (Phi) is 8.56. The highest BCUT2D eigenvalue weighted by Gasteiger charge is 2.47. The van der Waals surface area contributed by atoms with E-state index in [2.05, 4.69) is 5.32 Å². The van der Waals surface area contributed by atoms with Crippen LogP contribution >= 0.6 is 0 Å². The molecule has 0 aliphatic carbocycles. The first-order chi connectivity index (χ1) is 20.7. The van der Waals surface area contributed by atoms with E-state index >= 15 is 0 Å². The molecule has 2 N–H and O–H groups in total. The van der Waals surface area contributed by atoms with Crippen molar-refractivity contribution in [2.75, 3.05) is 32.9 Å². The van der Waals surface area contributed by atoms with Crippen LogP contribution in [0.15, 0.2) is 34.7 Å². The van der Waals surface area contributed by atoms with Crippen LogP contribution in [0.25, 0.3) is 6.08 Å². The number of aliphatic hydroxyl groups is 1. The summed E-state index contributed by atoms with van der Waals surface area (Å²) in [6, 6.07) is 6.48. The number of nitrogens with zero attached hydrogens (tertiary/aromatic N) is 3. The van der Waals surface area contributed by atoms with E-state index in [0.717, 1.165) is 16.5 Å². The number of piperidine rings is 2. The molecule has 1 spiro atoms. The first-order valence-electron chi connectivity index (χ1n) is 14.7. The summed E-state index contributed by atoms with van der Waals surface area (Å²) in [7, 11) is -3.82. The summed E-state index contributed by atoms with van der Waals surface area (Å²) in [6.07, 6.45) is 2.30. The van der Waals surface area contributed by atoms with Gasteiger partial charge in [-0.15, -0.1) is 0 Å². The van der Waals surface area contributed by atoms with Crippen LogP contribution in [0, 0.1) is 33.5 Å². The monoisotopic (exact) mass is 628 g/mol. The van der Waals surface area contributed by atoms with Crippen LogP contribution < -0.4 is 5.32 Å². The lowest BCUT2D eigenvalue weighted by Gasteiger charge is -2.36. The first-order valence-corrected chi connectivity index (χ1v) is 16.2. The Morgan fingerprint density at radius 1 is 0.977 bits per heavy atom. The Morgan fingerprint density at radius 2 is 1.59 bits per heavy atom. The number of aryl methyl sites for hydroxylation is 4. The lowest BCUT2D eigenvalue weighted by Crippen LogP contribution is -2.50. The van der Waals surface area contributed by atoms with Crippen LogP contribution in [0.1, 0.15) is 69.4 Å². The molecule has 44 heavy (non-hydrogen) atoms. The fourth-order valence-electron chi connectivity index (χ4n) is 6.17. The summed E-state index contributed by atoms with van der Waals surface area (Å²) < 4.78 is 55.0. The number of nitrogens with one attached hydrogen (secondary N) is 1. The summed E-state index contributed by atoms with van der Waals surface area (Å²) >= 11 is 0. The van der Waals surface area contributed by atoms with Crippen molar-refractivity contribution in [2.24, 2.45) is 4.99 Å². The number of hydrogen-bond donors (Lipinski definition) is 2. The summed E-state index contributed by atoms with van der Waals surface area (Å²) in [6.45, 7) is 6.90. The lowest BCUT2D eigenvalue weighted by molar-refractivity contribution is -0.124. The minimum absolute atomic E-state index is 0.108. The van der Waals surface area contributed by atoms with E-state index in [0.29, 0.717) is 33.7 Å². The number of benzene rings is 2. The molecule has 2 aromatic carbocycles.